The fourth-order valence-electron chi connectivity index (χ4n) is 2.77. The van der Waals surface area contributed by atoms with Crippen molar-refractivity contribution in [1.82, 2.24) is 0 Å². The molecule has 0 radical (unpaired) electrons. The third-order valence-electron chi connectivity index (χ3n) is 4.02. The lowest BCUT2D eigenvalue weighted by Gasteiger charge is -2.09. The minimum absolute atomic E-state index is 0.364. The van der Waals surface area contributed by atoms with Crippen LogP contribution in [0.25, 0.3) is 21.5 Å². The van der Waals surface area contributed by atoms with Crippen molar-refractivity contribution in [2.75, 3.05) is 0 Å². The van der Waals surface area contributed by atoms with E-state index < -0.39 is 0 Å². The number of hydrogen-bond donors (Lipinski definition) is 0. The second-order valence-corrected chi connectivity index (χ2v) is 6.34. The number of ether oxygens (including phenoxy) is 1. The molecular formula is C21H13BrO2. The van der Waals surface area contributed by atoms with E-state index in [0.717, 1.165) is 26.0 Å². The summed E-state index contributed by atoms with van der Waals surface area (Å²) in [5.41, 5.74) is 0.536. The van der Waals surface area contributed by atoms with Crippen molar-refractivity contribution in [2.45, 2.75) is 0 Å². The molecule has 0 fully saturated rings. The average Bonchev–Trinajstić information content (AvgIpc) is 2.64. The van der Waals surface area contributed by atoms with E-state index in [9.17, 15) is 4.79 Å². The highest BCUT2D eigenvalue weighted by Crippen LogP contribution is 2.33. The molecule has 2 nitrogen and oxygen atoms in total. The maximum atomic E-state index is 12.5. The Kier molecular flexibility index (Phi) is 3.79. The van der Waals surface area contributed by atoms with Crippen molar-refractivity contribution in [2.24, 2.45) is 0 Å². The van der Waals surface area contributed by atoms with E-state index in [0.29, 0.717) is 11.3 Å². The Morgan fingerprint density at radius 1 is 0.750 bits per heavy atom. The number of carbonyl (C=O) groups excluding carboxylic acids is 1. The van der Waals surface area contributed by atoms with Gasteiger partial charge in [0.2, 0.25) is 0 Å². The summed E-state index contributed by atoms with van der Waals surface area (Å²) in [6.45, 7) is 0. The first-order chi connectivity index (χ1) is 11.7. The highest BCUT2D eigenvalue weighted by atomic mass is 79.9. The van der Waals surface area contributed by atoms with Crippen LogP contribution in [0.15, 0.2) is 83.3 Å². The van der Waals surface area contributed by atoms with Crippen LogP contribution in [0.5, 0.6) is 5.75 Å². The van der Waals surface area contributed by atoms with Gasteiger partial charge in [-0.1, -0.05) is 60.7 Å². The topological polar surface area (TPSA) is 26.3 Å². The molecule has 4 rings (SSSR count). The number of benzene rings is 4. The van der Waals surface area contributed by atoms with Gasteiger partial charge in [-0.3, -0.25) is 0 Å². The average molecular weight is 377 g/mol. The maximum absolute atomic E-state index is 12.5. The summed E-state index contributed by atoms with van der Waals surface area (Å²) in [6, 6.07) is 25.2. The SMILES string of the molecule is O=C(Oc1ccc2ccccc2c1Br)c1ccc2ccccc2c1. The first kappa shape index (κ1) is 14.9. The lowest BCUT2D eigenvalue weighted by Crippen LogP contribution is -2.08. The monoisotopic (exact) mass is 376 g/mol. The summed E-state index contributed by atoms with van der Waals surface area (Å²) < 4.78 is 6.39. The van der Waals surface area contributed by atoms with Crippen LogP contribution in [-0.2, 0) is 0 Å². The van der Waals surface area contributed by atoms with Crippen LogP contribution in [0, 0.1) is 0 Å². The molecule has 0 atom stereocenters. The molecule has 0 heterocycles. The van der Waals surface area contributed by atoms with Crippen LogP contribution < -0.4 is 4.74 Å². The zero-order valence-electron chi connectivity index (χ0n) is 12.7. The fourth-order valence-corrected chi connectivity index (χ4v) is 3.34. The number of halogens is 1. The van der Waals surface area contributed by atoms with Gasteiger partial charge in [-0.25, -0.2) is 4.79 Å². The molecular weight excluding hydrogens is 364 g/mol. The van der Waals surface area contributed by atoms with Gasteiger partial charge in [0, 0.05) is 0 Å². The van der Waals surface area contributed by atoms with Crippen molar-refractivity contribution < 1.29 is 9.53 Å². The molecule has 4 aromatic carbocycles. The number of esters is 1. The van der Waals surface area contributed by atoms with E-state index in [2.05, 4.69) is 15.9 Å². The van der Waals surface area contributed by atoms with Gasteiger partial charge in [-0.05, 0) is 55.7 Å². The molecule has 0 aliphatic rings. The smallest absolute Gasteiger partial charge is 0.343 e. The Bertz CT molecular complexity index is 1070. The van der Waals surface area contributed by atoms with Gasteiger partial charge < -0.3 is 4.74 Å². The second kappa shape index (κ2) is 6.10. The molecule has 0 aliphatic carbocycles. The normalized spacial score (nSPS) is 10.9. The van der Waals surface area contributed by atoms with Gasteiger partial charge in [0.15, 0.2) is 0 Å². The molecule has 0 saturated heterocycles. The predicted molar refractivity (Wildman–Crippen MR) is 101 cm³/mol. The Morgan fingerprint density at radius 2 is 1.42 bits per heavy atom. The van der Waals surface area contributed by atoms with E-state index in [1.165, 1.54) is 0 Å². The summed E-state index contributed by atoms with van der Waals surface area (Å²) >= 11 is 3.55. The summed E-state index contributed by atoms with van der Waals surface area (Å²) in [5, 5.41) is 4.22. The largest absolute Gasteiger partial charge is 0.422 e. The molecule has 116 valence electrons. The molecule has 0 bridgehead atoms. The van der Waals surface area contributed by atoms with Crippen LogP contribution in [0.2, 0.25) is 0 Å². The van der Waals surface area contributed by atoms with Gasteiger partial charge in [0.1, 0.15) is 5.75 Å². The van der Waals surface area contributed by atoms with Crippen molar-refractivity contribution in [3.63, 3.8) is 0 Å². The summed E-state index contributed by atoms with van der Waals surface area (Å²) in [6.07, 6.45) is 0. The molecule has 0 unspecified atom stereocenters. The standard InChI is InChI=1S/C21H13BrO2/c22-20-18-8-4-3-6-15(18)11-12-19(20)24-21(23)17-10-9-14-5-1-2-7-16(14)13-17/h1-13H. The molecule has 4 aromatic rings. The number of fused-ring (bicyclic) bond motifs is 2. The molecule has 0 N–H and O–H groups in total. The fraction of sp³-hybridized carbons (Fsp3) is 0. The van der Waals surface area contributed by atoms with Gasteiger partial charge in [0.05, 0.1) is 10.0 Å². The van der Waals surface area contributed by atoms with E-state index in [1.54, 1.807) is 6.07 Å². The highest BCUT2D eigenvalue weighted by molar-refractivity contribution is 9.10. The molecule has 0 aliphatic heterocycles. The summed E-state index contributed by atoms with van der Waals surface area (Å²) in [7, 11) is 0. The number of carbonyl (C=O) groups is 1. The quantitative estimate of drug-likeness (QED) is 0.318. The molecule has 0 spiro atoms. The van der Waals surface area contributed by atoms with Crippen LogP contribution in [0.4, 0.5) is 0 Å². The first-order valence-corrected chi connectivity index (χ1v) is 8.40. The summed E-state index contributed by atoms with van der Waals surface area (Å²) in [5.74, 6) is 0.156. The van der Waals surface area contributed by atoms with Crippen LogP contribution in [-0.4, -0.2) is 5.97 Å². The Labute approximate surface area is 147 Å². The van der Waals surface area contributed by atoms with Crippen LogP contribution >= 0.6 is 15.9 Å². The third kappa shape index (κ3) is 2.68. The third-order valence-corrected chi connectivity index (χ3v) is 4.83. The van der Waals surface area contributed by atoms with E-state index >= 15 is 0 Å². The van der Waals surface area contributed by atoms with Gasteiger partial charge >= 0.3 is 5.97 Å². The minimum Gasteiger partial charge on any atom is -0.422 e. The molecule has 0 saturated carbocycles. The first-order valence-electron chi connectivity index (χ1n) is 7.60. The van der Waals surface area contributed by atoms with Crippen molar-refractivity contribution in [3.05, 3.63) is 88.9 Å². The Morgan fingerprint density at radius 3 is 2.25 bits per heavy atom. The van der Waals surface area contributed by atoms with Crippen molar-refractivity contribution in [3.8, 4) is 5.75 Å². The Hall–Kier alpha value is -2.65. The minimum atomic E-state index is -0.364. The zero-order valence-corrected chi connectivity index (χ0v) is 14.3. The van der Waals surface area contributed by atoms with Gasteiger partial charge in [-0.15, -0.1) is 0 Å². The van der Waals surface area contributed by atoms with Crippen LogP contribution in [0.3, 0.4) is 0 Å². The predicted octanol–water partition coefficient (Wildman–Crippen LogP) is 5.97. The van der Waals surface area contributed by atoms with E-state index in [1.807, 2.05) is 72.8 Å². The Balaban J connectivity index is 1.69. The molecule has 0 amide bonds. The van der Waals surface area contributed by atoms with Gasteiger partial charge in [-0.2, -0.15) is 0 Å². The molecule has 0 aromatic heterocycles. The van der Waals surface area contributed by atoms with Crippen molar-refractivity contribution in [1.29, 1.82) is 0 Å². The summed E-state index contributed by atoms with van der Waals surface area (Å²) in [4.78, 5) is 12.5. The molecule has 3 heteroatoms. The zero-order chi connectivity index (χ0) is 16.5. The molecule has 24 heavy (non-hydrogen) atoms. The van der Waals surface area contributed by atoms with Crippen LogP contribution in [0.1, 0.15) is 10.4 Å². The number of hydrogen-bond acceptors (Lipinski definition) is 2. The highest BCUT2D eigenvalue weighted by Gasteiger charge is 2.13. The van der Waals surface area contributed by atoms with E-state index in [4.69, 9.17) is 4.74 Å². The maximum Gasteiger partial charge on any atom is 0.343 e. The lowest BCUT2D eigenvalue weighted by molar-refractivity contribution is 0.0734. The van der Waals surface area contributed by atoms with E-state index in [-0.39, 0.29) is 5.97 Å². The van der Waals surface area contributed by atoms with Crippen molar-refractivity contribution >= 4 is 43.4 Å². The van der Waals surface area contributed by atoms with Gasteiger partial charge in [0.25, 0.3) is 0 Å². The lowest BCUT2D eigenvalue weighted by atomic mass is 10.1. The number of rotatable bonds is 2. The second-order valence-electron chi connectivity index (χ2n) is 5.55.